The van der Waals surface area contributed by atoms with Crippen molar-refractivity contribution in [3.05, 3.63) is 33.1 Å². The Morgan fingerprint density at radius 1 is 1.33 bits per heavy atom. The average Bonchev–Trinajstić information content (AvgIpc) is 2.20. The number of methoxy groups -OCH3 is 1. The summed E-state index contributed by atoms with van der Waals surface area (Å²) in [7, 11) is 1.59. The lowest BCUT2D eigenvalue weighted by molar-refractivity contribution is 0.0661. The van der Waals surface area contributed by atoms with E-state index in [-0.39, 0.29) is 0 Å². The van der Waals surface area contributed by atoms with Gasteiger partial charge in [-0.05, 0) is 0 Å². The van der Waals surface area contributed by atoms with Crippen molar-refractivity contribution < 1.29 is 9.47 Å². The molecule has 6 heteroatoms. The summed E-state index contributed by atoms with van der Waals surface area (Å²) in [4.78, 5) is 24.1. The van der Waals surface area contributed by atoms with Gasteiger partial charge >= 0.3 is 5.69 Å². The number of nitrogens with zero attached hydrogens (tertiary/aromatic N) is 1. The largest absolute Gasteiger partial charge is 0.382 e. The molecular weight excluding hydrogens is 200 g/mol. The minimum atomic E-state index is -0.419. The Kier molecular flexibility index (Phi) is 4.79. The van der Waals surface area contributed by atoms with Crippen LogP contribution < -0.4 is 11.2 Å². The standard InChI is InChI=1S/C9H14N2O4/c1-14-6-7-15-5-4-11-3-2-8(12)10-9(11)13/h2-3H,4-7H2,1H3,(H,10,12,13). The molecule has 0 fully saturated rings. The van der Waals surface area contributed by atoms with E-state index in [2.05, 4.69) is 4.98 Å². The molecule has 0 spiro atoms. The first-order valence-electron chi connectivity index (χ1n) is 4.60. The zero-order chi connectivity index (χ0) is 11.1. The number of hydrogen-bond donors (Lipinski definition) is 1. The van der Waals surface area contributed by atoms with Gasteiger partial charge in [-0.25, -0.2) is 4.79 Å². The van der Waals surface area contributed by atoms with Crippen molar-refractivity contribution in [3.63, 3.8) is 0 Å². The smallest absolute Gasteiger partial charge is 0.328 e. The third-order valence-electron chi connectivity index (χ3n) is 1.81. The molecule has 6 nitrogen and oxygen atoms in total. The second kappa shape index (κ2) is 6.15. The molecule has 0 atom stereocenters. The van der Waals surface area contributed by atoms with Crippen LogP contribution in [0.5, 0.6) is 0 Å². The lowest BCUT2D eigenvalue weighted by atomic mass is 10.6. The first-order valence-corrected chi connectivity index (χ1v) is 4.60. The molecule has 0 aliphatic carbocycles. The summed E-state index contributed by atoms with van der Waals surface area (Å²) in [5, 5.41) is 0. The third kappa shape index (κ3) is 4.09. The van der Waals surface area contributed by atoms with Gasteiger partial charge in [0.15, 0.2) is 0 Å². The van der Waals surface area contributed by atoms with Gasteiger partial charge in [-0.1, -0.05) is 0 Å². The summed E-state index contributed by atoms with van der Waals surface area (Å²) < 4.78 is 11.4. The Morgan fingerprint density at radius 2 is 2.13 bits per heavy atom. The predicted octanol–water partition coefficient (Wildman–Crippen LogP) is -0.800. The molecule has 0 aliphatic rings. The van der Waals surface area contributed by atoms with E-state index in [4.69, 9.17) is 9.47 Å². The van der Waals surface area contributed by atoms with E-state index in [0.29, 0.717) is 26.4 Å². The maximum atomic E-state index is 11.2. The van der Waals surface area contributed by atoms with Crippen LogP contribution in [0.15, 0.2) is 21.9 Å². The summed E-state index contributed by atoms with van der Waals surface area (Å²) in [6, 6.07) is 1.30. The second-order valence-electron chi connectivity index (χ2n) is 2.91. The number of aromatic nitrogens is 2. The van der Waals surface area contributed by atoms with Crippen molar-refractivity contribution in [3.8, 4) is 0 Å². The van der Waals surface area contributed by atoms with E-state index in [1.54, 1.807) is 7.11 Å². The van der Waals surface area contributed by atoms with E-state index < -0.39 is 11.2 Å². The van der Waals surface area contributed by atoms with Gasteiger partial charge in [0.1, 0.15) is 0 Å². The molecule has 1 heterocycles. The van der Waals surface area contributed by atoms with E-state index >= 15 is 0 Å². The van der Waals surface area contributed by atoms with Gasteiger partial charge in [-0.2, -0.15) is 0 Å². The molecule has 1 rings (SSSR count). The first kappa shape index (κ1) is 11.7. The van der Waals surface area contributed by atoms with Crippen LogP contribution in [0.1, 0.15) is 0 Å². The molecule has 0 unspecified atom stereocenters. The number of nitrogens with one attached hydrogen (secondary N) is 1. The van der Waals surface area contributed by atoms with Crippen LogP contribution >= 0.6 is 0 Å². The third-order valence-corrected chi connectivity index (χ3v) is 1.81. The molecule has 0 radical (unpaired) electrons. The normalized spacial score (nSPS) is 10.5. The molecule has 0 saturated heterocycles. The van der Waals surface area contributed by atoms with Gasteiger partial charge in [0.25, 0.3) is 5.56 Å². The average molecular weight is 214 g/mol. The van der Waals surface area contributed by atoms with Crippen molar-refractivity contribution >= 4 is 0 Å². The minimum Gasteiger partial charge on any atom is -0.382 e. The molecule has 15 heavy (non-hydrogen) atoms. The van der Waals surface area contributed by atoms with E-state index in [0.717, 1.165) is 0 Å². The molecule has 84 valence electrons. The van der Waals surface area contributed by atoms with Crippen LogP contribution in [0.3, 0.4) is 0 Å². The van der Waals surface area contributed by atoms with Gasteiger partial charge in [0.05, 0.1) is 26.4 Å². The number of ether oxygens (including phenoxy) is 2. The maximum absolute atomic E-state index is 11.2. The SMILES string of the molecule is COCCOCCn1ccc(=O)[nH]c1=O. The Balaban J connectivity index is 2.38. The zero-order valence-corrected chi connectivity index (χ0v) is 8.56. The summed E-state index contributed by atoms with van der Waals surface area (Å²) >= 11 is 0. The van der Waals surface area contributed by atoms with Crippen LogP contribution in [0.4, 0.5) is 0 Å². The van der Waals surface area contributed by atoms with Crippen molar-refractivity contribution in [2.24, 2.45) is 0 Å². The summed E-state index contributed by atoms with van der Waals surface area (Å²) in [5.41, 5.74) is -0.811. The van der Waals surface area contributed by atoms with E-state index in [1.807, 2.05) is 0 Å². The number of aromatic amines is 1. The van der Waals surface area contributed by atoms with Gasteiger partial charge in [-0.3, -0.25) is 14.3 Å². The summed E-state index contributed by atoms with van der Waals surface area (Å²) in [5.74, 6) is 0. The monoisotopic (exact) mass is 214 g/mol. The van der Waals surface area contributed by atoms with Crippen LogP contribution in [0, 0.1) is 0 Å². The van der Waals surface area contributed by atoms with Gasteiger partial charge in [-0.15, -0.1) is 0 Å². The maximum Gasteiger partial charge on any atom is 0.328 e. The molecule has 1 aromatic rings. The fraction of sp³-hybridized carbons (Fsp3) is 0.556. The number of hydrogen-bond acceptors (Lipinski definition) is 4. The highest BCUT2D eigenvalue weighted by atomic mass is 16.5. The van der Waals surface area contributed by atoms with E-state index in [9.17, 15) is 9.59 Å². The topological polar surface area (TPSA) is 73.3 Å². The fourth-order valence-corrected chi connectivity index (χ4v) is 1.03. The minimum absolute atomic E-state index is 0.392. The highest BCUT2D eigenvalue weighted by Gasteiger charge is 1.95. The molecule has 0 aromatic carbocycles. The highest BCUT2D eigenvalue weighted by Crippen LogP contribution is 1.80. The van der Waals surface area contributed by atoms with Crippen molar-refractivity contribution in [2.75, 3.05) is 26.9 Å². The Hall–Kier alpha value is -1.40. The fourth-order valence-electron chi connectivity index (χ4n) is 1.03. The molecule has 0 saturated carbocycles. The summed E-state index contributed by atoms with van der Waals surface area (Å²) in [6.45, 7) is 1.85. The quantitative estimate of drug-likeness (QED) is 0.629. The molecule has 0 amide bonds. The van der Waals surface area contributed by atoms with Gasteiger partial charge in [0.2, 0.25) is 0 Å². The zero-order valence-electron chi connectivity index (χ0n) is 8.56. The second-order valence-corrected chi connectivity index (χ2v) is 2.91. The Labute approximate surface area is 86.5 Å². The number of rotatable bonds is 6. The lowest BCUT2D eigenvalue weighted by Crippen LogP contribution is -2.29. The van der Waals surface area contributed by atoms with Crippen LogP contribution in [-0.4, -0.2) is 36.5 Å². The van der Waals surface area contributed by atoms with Crippen molar-refractivity contribution in [2.45, 2.75) is 6.54 Å². The van der Waals surface area contributed by atoms with Crippen molar-refractivity contribution in [1.82, 2.24) is 9.55 Å². The van der Waals surface area contributed by atoms with Crippen LogP contribution in [-0.2, 0) is 16.0 Å². The highest BCUT2D eigenvalue weighted by molar-refractivity contribution is 4.82. The van der Waals surface area contributed by atoms with Crippen molar-refractivity contribution in [1.29, 1.82) is 0 Å². The van der Waals surface area contributed by atoms with Gasteiger partial charge in [0, 0.05) is 19.4 Å². The molecular formula is C9H14N2O4. The molecule has 1 aromatic heterocycles. The Morgan fingerprint density at radius 3 is 2.80 bits per heavy atom. The van der Waals surface area contributed by atoms with Crippen LogP contribution in [0.25, 0.3) is 0 Å². The molecule has 0 bridgehead atoms. The molecule has 0 aliphatic heterocycles. The first-order chi connectivity index (χ1) is 7.24. The molecule has 1 N–H and O–H groups in total. The number of H-pyrrole nitrogens is 1. The van der Waals surface area contributed by atoms with E-state index in [1.165, 1.54) is 16.8 Å². The Bertz CT molecular complexity index is 396. The predicted molar refractivity (Wildman–Crippen MR) is 54.0 cm³/mol. The van der Waals surface area contributed by atoms with Crippen LogP contribution in [0.2, 0.25) is 0 Å². The lowest BCUT2D eigenvalue weighted by Gasteiger charge is -2.05. The summed E-state index contributed by atoms with van der Waals surface area (Å²) in [6.07, 6.45) is 1.45. The van der Waals surface area contributed by atoms with Gasteiger partial charge < -0.3 is 9.47 Å².